The SMILES string of the molecule is NC(=S)c1cc(F)ccc1Oc1cc(F)cc(Br)c1. The summed E-state index contributed by atoms with van der Waals surface area (Å²) in [4.78, 5) is 0.00460. The standard InChI is InChI=1S/C13H8BrF2NOS/c14-7-3-9(16)5-10(4-7)18-12-2-1-8(15)6-11(12)13(17)19/h1-6H,(H2,17,19). The second-order valence-corrected chi connectivity index (χ2v) is 5.07. The molecular weight excluding hydrogens is 336 g/mol. The van der Waals surface area contributed by atoms with Gasteiger partial charge in [0, 0.05) is 10.5 Å². The molecule has 19 heavy (non-hydrogen) atoms. The van der Waals surface area contributed by atoms with E-state index in [0.717, 1.165) is 0 Å². The quantitative estimate of drug-likeness (QED) is 0.850. The number of thiocarbonyl (C=S) groups is 1. The third-order valence-corrected chi connectivity index (χ3v) is 2.95. The molecule has 0 aliphatic carbocycles. The molecule has 0 atom stereocenters. The molecule has 0 radical (unpaired) electrons. The minimum absolute atomic E-state index is 0.00460. The highest BCUT2D eigenvalue weighted by atomic mass is 79.9. The number of ether oxygens (including phenoxy) is 1. The first-order valence-corrected chi connectivity index (χ1v) is 6.39. The Kier molecular flexibility index (Phi) is 4.11. The minimum atomic E-state index is -0.476. The highest BCUT2D eigenvalue weighted by Gasteiger charge is 2.10. The maximum atomic E-state index is 13.2. The average Bonchev–Trinajstić information content (AvgIpc) is 2.30. The molecule has 0 aliphatic rings. The summed E-state index contributed by atoms with van der Waals surface area (Å²) in [6.07, 6.45) is 0. The van der Waals surface area contributed by atoms with E-state index >= 15 is 0 Å². The van der Waals surface area contributed by atoms with Crippen molar-refractivity contribution in [2.75, 3.05) is 0 Å². The van der Waals surface area contributed by atoms with E-state index in [1.807, 2.05) is 0 Å². The zero-order valence-corrected chi connectivity index (χ0v) is 11.9. The molecule has 98 valence electrons. The molecular formula is C13H8BrF2NOS. The van der Waals surface area contributed by atoms with Gasteiger partial charge >= 0.3 is 0 Å². The lowest BCUT2D eigenvalue weighted by molar-refractivity contribution is 0.473. The van der Waals surface area contributed by atoms with Crippen LogP contribution in [0.25, 0.3) is 0 Å². The van der Waals surface area contributed by atoms with E-state index in [0.29, 0.717) is 4.47 Å². The van der Waals surface area contributed by atoms with Gasteiger partial charge in [0.25, 0.3) is 0 Å². The van der Waals surface area contributed by atoms with E-state index in [2.05, 4.69) is 15.9 Å². The van der Waals surface area contributed by atoms with E-state index in [-0.39, 0.29) is 22.1 Å². The highest BCUT2D eigenvalue weighted by molar-refractivity contribution is 9.10. The van der Waals surface area contributed by atoms with Crippen molar-refractivity contribution in [1.82, 2.24) is 0 Å². The molecule has 0 amide bonds. The predicted octanol–water partition coefficient (Wildman–Crippen LogP) is 4.15. The van der Waals surface area contributed by atoms with E-state index in [1.165, 1.54) is 30.3 Å². The van der Waals surface area contributed by atoms with E-state index in [4.69, 9.17) is 22.7 Å². The van der Waals surface area contributed by atoms with Crippen LogP contribution >= 0.6 is 28.1 Å². The van der Waals surface area contributed by atoms with Crippen LogP contribution in [-0.4, -0.2) is 4.99 Å². The summed E-state index contributed by atoms with van der Waals surface area (Å²) in [5.74, 6) is -0.402. The largest absolute Gasteiger partial charge is 0.456 e. The van der Waals surface area contributed by atoms with Crippen molar-refractivity contribution < 1.29 is 13.5 Å². The molecule has 0 aliphatic heterocycles. The number of hydrogen-bond acceptors (Lipinski definition) is 2. The Labute approximate surface area is 122 Å². The zero-order valence-electron chi connectivity index (χ0n) is 9.49. The molecule has 2 rings (SSSR count). The Balaban J connectivity index is 2.40. The van der Waals surface area contributed by atoms with Crippen molar-refractivity contribution in [3.63, 3.8) is 0 Å². The molecule has 0 saturated carbocycles. The first-order chi connectivity index (χ1) is 8.95. The topological polar surface area (TPSA) is 35.2 Å². The third-order valence-electron chi connectivity index (χ3n) is 2.27. The van der Waals surface area contributed by atoms with Crippen molar-refractivity contribution in [2.24, 2.45) is 5.73 Å². The second kappa shape index (κ2) is 5.63. The molecule has 0 aromatic heterocycles. The summed E-state index contributed by atoms with van der Waals surface area (Å²) < 4.78 is 32.4. The predicted molar refractivity (Wildman–Crippen MR) is 76.5 cm³/mol. The first kappa shape index (κ1) is 13.9. The Bertz CT molecular complexity index is 628. The Morgan fingerprint density at radius 3 is 2.47 bits per heavy atom. The van der Waals surface area contributed by atoms with Crippen LogP contribution in [0.2, 0.25) is 0 Å². The number of halogens is 3. The fourth-order valence-electron chi connectivity index (χ4n) is 1.50. The Morgan fingerprint density at radius 1 is 1.11 bits per heavy atom. The molecule has 2 N–H and O–H groups in total. The summed E-state index contributed by atoms with van der Waals surface area (Å²) in [5, 5.41) is 0. The van der Waals surface area contributed by atoms with Gasteiger partial charge in [-0.3, -0.25) is 0 Å². The van der Waals surface area contributed by atoms with E-state index in [9.17, 15) is 8.78 Å². The highest BCUT2D eigenvalue weighted by Crippen LogP contribution is 2.28. The van der Waals surface area contributed by atoms with Crippen molar-refractivity contribution in [3.05, 3.63) is 58.1 Å². The average molecular weight is 344 g/mol. The molecule has 6 heteroatoms. The van der Waals surface area contributed by atoms with Gasteiger partial charge in [-0.25, -0.2) is 8.78 Å². The number of nitrogens with two attached hydrogens (primary N) is 1. The maximum absolute atomic E-state index is 13.2. The van der Waals surface area contributed by atoms with Crippen molar-refractivity contribution in [3.8, 4) is 11.5 Å². The Morgan fingerprint density at radius 2 is 1.84 bits per heavy atom. The van der Waals surface area contributed by atoms with Crippen LogP contribution in [0.5, 0.6) is 11.5 Å². The minimum Gasteiger partial charge on any atom is -0.456 e. The van der Waals surface area contributed by atoms with Crippen LogP contribution in [0.3, 0.4) is 0 Å². The van der Waals surface area contributed by atoms with Gasteiger partial charge in [0.1, 0.15) is 28.1 Å². The van der Waals surface area contributed by atoms with Crippen LogP contribution in [0, 0.1) is 11.6 Å². The molecule has 0 bridgehead atoms. The zero-order chi connectivity index (χ0) is 14.0. The molecule has 0 heterocycles. The fraction of sp³-hybridized carbons (Fsp3) is 0. The van der Waals surface area contributed by atoms with Gasteiger partial charge in [-0.2, -0.15) is 0 Å². The summed E-state index contributed by atoms with van der Waals surface area (Å²) >= 11 is 7.98. The van der Waals surface area contributed by atoms with Crippen LogP contribution < -0.4 is 10.5 Å². The van der Waals surface area contributed by atoms with Crippen molar-refractivity contribution in [2.45, 2.75) is 0 Å². The van der Waals surface area contributed by atoms with Crippen LogP contribution in [0.15, 0.2) is 40.9 Å². The number of rotatable bonds is 3. The molecule has 0 spiro atoms. The van der Waals surface area contributed by atoms with Gasteiger partial charge < -0.3 is 10.5 Å². The Hall–Kier alpha value is -1.53. The second-order valence-electron chi connectivity index (χ2n) is 3.71. The molecule has 0 fully saturated rings. The molecule has 2 aromatic rings. The van der Waals surface area contributed by atoms with E-state index < -0.39 is 11.6 Å². The van der Waals surface area contributed by atoms with Gasteiger partial charge in [-0.05, 0) is 30.3 Å². The molecule has 0 saturated heterocycles. The van der Waals surface area contributed by atoms with Crippen molar-refractivity contribution in [1.29, 1.82) is 0 Å². The van der Waals surface area contributed by atoms with Crippen molar-refractivity contribution >= 4 is 33.1 Å². The monoisotopic (exact) mass is 343 g/mol. The van der Waals surface area contributed by atoms with Crippen LogP contribution in [0.1, 0.15) is 5.56 Å². The first-order valence-electron chi connectivity index (χ1n) is 5.19. The lowest BCUT2D eigenvalue weighted by Crippen LogP contribution is -2.11. The number of hydrogen-bond donors (Lipinski definition) is 1. The summed E-state index contributed by atoms with van der Waals surface area (Å²) in [7, 11) is 0. The van der Waals surface area contributed by atoms with Gasteiger partial charge in [-0.15, -0.1) is 0 Å². The normalized spacial score (nSPS) is 10.3. The molecule has 0 unspecified atom stereocenters. The summed E-state index contributed by atoms with van der Waals surface area (Å²) in [6.45, 7) is 0. The number of benzene rings is 2. The molecule has 2 aromatic carbocycles. The summed E-state index contributed by atoms with van der Waals surface area (Å²) in [6, 6.07) is 7.86. The third kappa shape index (κ3) is 3.48. The summed E-state index contributed by atoms with van der Waals surface area (Å²) in [5.41, 5.74) is 5.76. The van der Waals surface area contributed by atoms with Crippen LogP contribution in [-0.2, 0) is 0 Å². The fourth-order valence-corrected chi connectivity index (χ4v) is 2.10. The molecule has 2 nitrogen and oxygen atoms in total. The van der Waals surface area contributed by atoms with Gasteiger partial charge in [0.15, 0.2) is 0 Å². The lowest BCUT2D eigenvalue weighted by atomic mass is 10.2. The lowest BCUT2D eigenvalue weighted by Gasteiger charge is -2.10. The van der Waals surface area contributed by atoms with Gasteiger partial charge in [-0.1, -0.05) is 28.1 Å². The smallest absolute Gasteiger partial charge is 0.137 e. The van der Waals surface area contributed by atoms with Gasteiger partial charge in [0.05, 0.1) is 5.56 Å². The van der Waals surface area contributed by atoms with Gasteiger partial charge in [0.2, 0.25) is 0 Å². The van der Waals surface area contributed by atoms with E-state index in [1.54, 1.807) is 6.07 Å². The maximum Gasteiger partial charge on any atom is 0.137 e. The van der Waals surface area contributed by atoms with Crippen LogP contribution in [0.4, 0.5) is 8.78 Å².